The molecule has 1 aromatic carbocycles. The molecule has 1 atom stereocenters. The number of rotatable bonds is 4. The summed E-state index contributed by atoms with van der Waals surface area (Å²) in [6.45, 7) is 14.0. The first-order valence-corrected chi connectivity index (χ1v) is 10.6. The van der Waals surface area contributed by atoms with E-state index in [0.717, 1.165) is 59.0 Å². The summed E-state index contributed by atoms with van der Waals surface area (Å²) in [6, 6.07) is 6.02. The second-order valence-electron chi connectivity index (χ2n) is 8.91. The molecule has 6 nitrogen and oxygen atoms in total. The SMILES string of the molecule is C=CC1=C(C=C)Oc2cc(-c3cnc(C4CCCN4C(=O)OC(C)(C)C)[nH]3)ccc2C1. The first kappa shape index (κ1) is 21.0. The fourth-order valence-corrected chi connectivity index (χ4v) is 4.03. The second kappa shape index (κ2) is 8.10. The molecule has 2 aliphatic heterocycles. The van der Waals surface area contributed by atoms with Gasteiger partial charge < -0.3 is 14.5 Å². The Labute approximate surface area is 183 Å². The molecule has 162 valence electrons. The highest BCUT2D eigenvalue weighted by molar-refractivity contribution is 5.69. The van der Waals surface area contributed by atoms with E-state index in [4.69, 9.17) is 9.47 Å². The van der Waals surface area contributed by atoms with Crippen molar-refractivity contribution in [3.8, 4) is 17.0 Å². The van der Waals surface area contributed by atoms with E-state index in [0.29, 0.717) is 6.54 Å². The minimum absolute atomic E-state index is 0.108. The van der Waals surface area contributed by atoms with Crippen LogP contribution in [0, 0.1) is 0 Å². The fourth-order valence-electron chi connectivity index (χ4n) is 4.03. The number of likely N-dealkylation sites (tertiary alicyclic amines) is 1. The van der Waals surface area contributed by atoms with Gasteiger partial charge in [0.15, 0.2) is 0 Å². The van der Waals surface area contributed by atoms with Gasteiger partial charge in [-0.1, -0.05) is 31.4 Å². The molecule has 31 heavy (non-hydrogen) atoms. The molecule has 0 bridgehead atoms. The van der Waals surface area contributed by atoms with Gasteiger partial charge in [0.1, 0.15) is 22.9 Å². The molecule has 6 heteroatoms. The van der Waals surface area contributed by atoms with Crippen LogP contribution in [-0.4, -0.2) is 33.1 Å². The maximum Gasteiger partial charge on any atom is 0.410 e. The molecule has 3 heterocycles. The quantitative estimate of drug-likeness (QED) is 0.689. The Morgan fingerprint density at radius 2 is 2.13 bits per heavy atom. The average Bonchev–Trinajstić information content (AvgIpc) is 3.40. The highest BCUT2D eigenvalue weighted by Crippen LogP contribution is 2.36. The molecule has 0 saturated carbocycles. The Hall–Kier alpha value is -3.28. The molecule has 0 radical (unpaired) electrons. The number of fused-ring (bicyclic) bond motifs is 1. The van der Waals surface area contributed by atoms with E-state index in [1.165, 1.54) is 0 Å². The maximum absolute atomic E-state index is 12.6. The van der Waals surface area contributed by atoms with Crippen LogP contribution in [0.25, 0.3) is 11.3 Å². The van der Waals surface area contributed by atoms with Crippen molar-refractivity contribution in [1.29, 1.82) is 0 Å². The van der Waals surface area contributed by atoms with Crippen molar-refractivity contribution in [2.45, 2.75) is 51.7 Å². The number of nitrogens with one attached hydrogen (secondary N) is 1. The van der Waals surface area contributed by atoms with Gasteiger partial charge >= 0.3 is 6.09 Å². The van der Waals surface area contributed by atoms with Crippen LogP contribution in [0.2, 0.25) is 0 Å². The largest absolute Gasteiger partial charge is 0.457 e. The molecule has 1 aromatic heterocycles. The number of amides is 1. The zero-order valence-electron chi connectivity index (χ0n) is 18.4. The number of hydrogen-bond acceptors (Lipinski definition) is 4. The van der Waals surface area contributed by atoms with Crippen LogP contribution >= 0.6 is 0 Å². The van der Waals surface area contributed by atoms with E-state index in [1.807, 2.05) is 39.1 Å². The molecule has 0 spiro atoms. The number of imidazole rings is 1. The monoisotopic (exact) mass is 419 g/mol. The van der Waals surface area contributed by atoms with Crippen LogP contribution in [0.1, 0.15) is 51.0 Å². The molecule has 1 N–H and O–H groups in total. The van der Waals surface area contributed by atoms with Crippen molar-refractivity contribution in [3.05, 3.63) is 72.4 Å². The van der Waals surface area contributed by atoms with Gasteiger partial charge in [-0.05, 0) is 56.9 Å². The molecule has 1 fully saturated rings. The summed E-state index contributed by atoms with van der Waals surface area (Å²) in [7, 11) is 0. The van der Waals surface area contributed by atoms with Crippen LogP contribution in [0.15, 0.2) is 61.0 Å². The van der Waals surface area contributed by atoms with Gasteiger partial charge in [0.2, 0.25) is 0 Å². The lowest BCUT2D eigenvalue weighted by molar-refractivity contribution is 0.0218. The number of aromatic amines is 1. The topological polar surface area (TPSA) is 67.4 Å². The molecule has 1 saturated heterocycles. The second-order valence-corrected chi connectivity index (χ2v) is 8.91. The lowest BCUT2D eigenvalue weighted by Gasteiger charge is -2.27. The number of allylic oxidation sites excluding steroid dienone is 3. The molecule has 0 aliphatic carbocycles. The van der Waals surface area contributed by atoms with Crippen LogP contribution in [-0.2, 0) is 11.2 Å². The van der Waals surface area contributed by atoms with Crippen molar-refractivity contribution in [3.63, 3.8) is 0 Å². The Morgan fingerprint density at radius 3 is 2.84 bits per heavy atom. The lowest BCUT2D eigenvalue weighted by Crippen LogP contribution is -2.36. The molecular weight excluding hydrogens is 390 g/mol. The molecule has 2 aromatic rings. The van der Waals surface area contributed by atoms with E-state index in [2.05, 4.69) is 35.3 Å². The van der Waals surface area contributed by atoms with Gasteiger partial charge in [-0.2, -0.15) is 0 Å². The van der Waals surface area contributed by atoms with Crippen molar-refractivity contribution in [2.75, 3.05) is 6.54 Å². The molecule has 1 unspecified atom stereocenters. The number of nitrogens with zero attached hydrogens (tertiary/aromatic N) is 2. The number of aromatic nitrogens is 2. The smallest absolute Gasteiger partial charge is 0.410 e. The van der Waals surface area contributed by atoms with E-state index in [-0.39, 0.29) is 12.1 Å². The number of carbonyl (C=O) groups is 1. The Bertz CT molecular complexity index is 1060. The summed E-state index contributed by atoms with van der Waals surface area (Å²) >= 11 is 0. The fraction of sp³-hybridized carbons (Fsp3) is 0.360. The predicted molar refractivity (Wildman–Crippen MR) is 121 cm³/mol. The van der Waals surface area contributed by atoms with Gasteiger partial charge in [0.05, 0.1) is 17.9 Å². The lowest BCUT2D eigenvalue weighted by atomic mass is 9.98. The number of benzene rings is 1. The summed E-state index contributed by atoms with van der Waals surface area (Å²) in [4.78, 5) is 22.4. The van der Waals surface area contributed by atoms with Crippen LogP contribution in [0.4, 0.5) is 4.79 Å². The Balaban J connectivity index is 1.56. The van der Waals surface area contributed by atoms with Crippen molar-refractivity contribution < 1.29 is 14.3 Å². The van der Waals surface area contributed by atoms with E-state index >= 15 is 0 Å². The standard InChI is InChI=1S/C25H29N3O3/c1-6-16-13-18-11-10-17(14-22(18)30-21(16)7-2)19-15-26-23(27-19)20-9-8-12-28(20)24(29)31-25(3,4)5/h6-7,10-11,14-15,20H,1-2,8-9,12-13H2,3-5H3,(H,26,27). The van der Waals surface area contributed by atoms with Crippen molar-refractivity contribution in [1.82, 2.24) is 14.9 Å². The van der Waals surface area contributed by atoms with Gasteiger partial charge in [-0.3, -0.25) is 4.90 Å². The summed E-state index contributed by atoms with van der Waals surface area (Å²) in [6.07, 6.45) is 7.59. The molecular formula is C25H29N3O3. The van der Waals surface area contributed by atoms with E-state index in [1.54, 1.807) is 11.0 Å². The van der Waals surface area contributed by atoms with Gasteiger partial charge in [-0.25, -0.2) is 9.78 Å². The number of ether oxygens (including phenoxy) is 2. The summed E-state index contributed by atoms with van der Waals surface area (Å²) < 4.78 is 11.6. The summed E-state index contributed by atoms with van der Waals surface area (Å²) in [5, 5.41) is 0. The van der Waals surface area contributed by atoms with E-state index in [9.17, 15) is 4.79 Å². The third kappa shape index (κ3) is 4.29. The van der Waals surface area contributed by atoms with Crippen molar-refractivity contribution in [2.24, 2.45) is 0 Å². The number of carbonyl (C=O) groups excluding carboxylic acids is 1. The predicted octanol–water partition coefficient (Wildman–Crippen LogP) is 5.71. The molecule has 2 aliphatic rings. The Morgan fingerprint density at radius 1 is 1.32 bits per heavy atom. The molecule has 4 rings (SSSR count). The maximum atomic E-state index is 12.6. The van der Waals surface area contributed by atoms with Gasteiger partial charge in [0.25, 0.3) is 0 Å². The number of H-pyrrole nitrogens is 1. The van der Waals surface area contributed by atoms with Crippen LogP contribution in [0.3, 0.4) is 0 Å². The Kier molecular flexibility index (Phi) is 5.48. The third-order valence-electron chi connectivity index (χ3n) is 5.52. The average molecular weight is 420 g/mol. The summed E-state index contributed by atoms with van der Waals surface area (Å²) in [5.74, 6) is 2.33. The number of hydrogen-bond donors (Lipinski definition) is 1. The van der Waals surface area contributed by atoms with Crippen molar-refractivity contribution >= 4 is 6.09 Å². The van der Waals surface area contributed by atoms with Gasteiger partial charge in [0, 0.05) is 18.5 Å². The summed E-state index contributed by atoms with van der Waals surface area (Å²) in [5.41, 5.74) is 3.48. The highest BCUT2D eigenvalue weighted by atomic mass is 16.6. The first-order chi connectivity index (χ1) is 14.8. The minimum atomic E-state index is -0.522. The van der Waals surface area contributed by atoms with Crippen LogP contribution in [0.5, 0.6) is 5.75 Å². The highest BCUT2D eigenvalue weighted by Gasteiger charge is 2.34. The van der Waals surface area contributed by atoms with E-state index < -0.39 is 5.60 Å². The van der Waals surface area contributed by atoms with Gasteiger partial charge in [-0.15, -0.1) is 0 Å². The minimum Gasteiger partial charge on any atom is -0.457 e. The third-order valence-corrected chi connectivity index (χ3v) is 5.52. The first-order valence-electron chi connectivity index (χ1n) is 10.6. The zero-order valence-corrected chi connectivity index (χ0v) is 18.4. The van der Waals surface area contributed by atoms with Crippen LogP contribution < -0.4 is 4.74 Å². The normalized spacial score (nSPS) is 18.4. The molecule has 1 amide bonds. The zero-order chi connectivity index (χ0) is 22.2.